The molecule has 22 heavy (non-hydrogen) atoms. The predicted molar refractivity (Wildman–Crippen MR) is 94.6 cm³/mol. The molecule has 0 aromatic heterocycles. The van der Waals surface area contributed by atoms with E-state index in [0.717, 1.165) is 5.92 Å². The Balaban J connectivity index is 0.000000472. The largest absolute Gasteiger partial charge is 0.291 e. The zero-order valence-corrected chi connectivity index (χ0v) is 15.2. The molecule has 1 aliphatic carbocycles. The Morgan fingerprint density at radius 3 is 1.95 bits per heavy atom. The Labute approximate surface area is 136 Å². The zero-order valence-electron chi connectivity index (χ0n) is 15.2. The molecule has 0 heterocycles. The minimum atomic E-state index is -0.609. The van der Waals surface area contributed by atoms with Crippen LogP contribution in [-0.2, 0) is 4.79 Å². The Bertz CT molecular complexity index is 404. The molecule has 0 aromatic carbocycles. The molecule has 1 aliphatic rings. The van der Waals surface area contributed by atoms with Crippen molar-refractivity contribution in [2.45, 2.75) is 80.1 Å². The second-order valence-electron chi connectivity index (χ2n) is 7.32. The van der Waals surface area contributed by atoms with Crippen molar-refractivity contribution in [3.05, 3.63) is 28.2 Å². The van der Waals surface area contributed by atoms with E-state index in [1.165, 1.54) is 44.1 Å². The molecule has 0 aromatic rings. The van der Waals surface area contributed by atoms with Crippen LogP contribution in [0.5, 0.6) is 0 Å². The van der Waals surface area contributed by atoms with Crippen molar-refractivity contribution >= 4 is 5.91 Å². The van der Waals surface area contributed by atoms with E-state index in [0.29, 0.717) is 0 Å². The van der Waals surface area contributed by atoms with Gasteiger partial charge in [0.05, 0.1) is 0 Å². The standard InChI is InChI=1S/C14H24.C5H9NO2/c1-4-13(11-10-12(2)3)14-8-6-5-7-9-14;1-5(2,3)4(7)6-8/h10-11,14H,4-9H2,1-3H3;1-3H3/b13-11+;. The third-order valence-electron chi connectivity index (χ3n) is 3.89. The summed E-state index contributed by atoms with van der Waals surface area (Å²) >= 11 is 0. The smallest absolute Gasteiger partial charge is 0.268 e. The Kier molecular flexibility index (Phi) is 9.88. The van der Waals surface area contributed by atoms with Gasteiger partial charge in [-0.1, -0.05) is 70.3 Å². The number of hydrogen-bond donors (Lipinski definition) is 0. The number of amides is 1. The van der Waals surface area contributed by atoms with Crippen LogP contribution in [0, 0.1) is 16.2 Å². The van der Waals surface area contributed by atoms with Gasteiger partial charge in [-0.25, -0.2) is 0 Å². The van der Waals surface area contributed by atoms with Gasteiger partial charge in [0, 0.05) is 10.6 Å². The van der Waals surface area contributed by atoms with Crippen LogP contribution in [0.15, 0.2) is 28.5 Å². The van der Waals surface area contributed by atoms with E-state index < -0.39 is 11.3 Å². The minimum absolute atomic E-state index is 0.600. The molecule has 1 rings (SSSR count). The van der Waals surface area contributed by atoms with Crippen molar-refractivity contribution in [1.82, 2.24) is 0 Å². The normalized spacial score (nSPS) is 16.4. The van der Waals surface area contributed by atoms with E-state index in [1.54, 1.807) is 26.3 Å². The third-order valence-corrected chi connectivity index (χ3v) is 3.89. The van der Waals surface area contributed by atoms with Gasteiger partial charge in [-0.2, -0.15) is 0 Å². The molecule has 1 amide bonds. The lowest BCUT2D eigenvalue weighted by molar-refractivity contribution is -0.125. The fourth-order valence-corrected chi connectivity index (χ4v) is 2.43. The number of nitrogens with zero attached hydrogens (tertiary/aromatic N) is 1. The van der Waals surface area contributed by atoms with Crippen molar-refractivity contribution in [2.75, 3.05) is 0 Å². The van der Waals surface area contributed by atoms with Gasteiger partial charge in [0.15, 0.2) is 0 Å². The van der Waals surface area contributed by atoms with Crippen LogP contribution in [-0.4, -0.2) is 5.91 Å². The summed E-state index contributed by atoms with van der Waals surface area (Å²) in [5, 5.41) is 2.27. The fourth-order valence-electron chi connectivity index (χ4n) is 2.43. The Morgan fingerprint density at radius 2 is 1.64 bits per heavy atom. The molecule has 0 atom stereocenters. The molecule has 1 fully saturated rings. The molecule has 0 bridgehead atoms. The van der Waals surface area contributed by atoms with Gasteiger partial charge in [-0.15, -0.1) is 4.91 Å². The first-order chi connectivity index (χ1) is 10.2. The number of rotatable bonds is 3. The maximum absolute atomic E-state index is 10.4. The highest BCUT2D eigenvalue weighted by Gasteiger charge is 2.21. The summed E-state index contributed by atoms with van der Waals surface area (Å²) in [5.74, 6) is 0.293. The van der Waals surface area contributed by atoms with E-state index >= 15 is 0 Å². The third kappa shape index (κ3) is 8.91. The summed E-state index contributed by atoms with van der Waals surface area (Å²) in [6, 6.07) is 0. The first-order valence-corrected chi connectivity index (χ1v) is 8.44. The van der Waals surface area contributed by atoms with Crippen LogP contribution in [0.1, 0.15) is 80.1 Å². The quantitative estimate of drug-likeness (QED) is 0.460. The van der Waals surface area contributed by atoms with Crippen molar-refractivity contribution in [1.29, 1.82) is 0 Å². The van der Waals surface area contributed by atoms with Crippen molar-refractivity contribution in [3.8, 4) is 0 Å². The van der Waals surface area contributed by atoms with Gasteiger partial charge in [0.1, 0.15) is 0 Å². The molecule has 3 heteroatoms. The predicted octanol–water partition coefficient (Wildman–Crippen LogP) is 6.19. The summed E-state index contributed by atoms with van der Waals surface area (Å²) in [5.41, 5.74) is 2.47. The van der Waals surface area contributed by atoms with Gasteiger partial charge in [-0.3, -0.25) is 4.79 Å². The number of nitroso groups, excluding NO2 is 1. The molecule has 0 unspecified atom stereocenters. The molecule has 0 radical (unpaired) electrons. The fraction of sp³-hybridized carbons (Fsp3) is 0.737. The molecule has 0 N–H and O–H groups in total. The number of allylic oxidation sites excluding steroid dienone is 4. The monoisotopic (exact) mass is 307 g/mol. The number of carbonyl (C=O) groups excluding carboxylic acids is 1. The van der Waals surface area contributed by atoms with Crippen LogP contribution in [0.2, 0.25) is 0 Å². The van der Waals surface area contributed by atoms with Crippen molar-refractivity contribution in [2.24, 2.45) is 16.5 Å². The Morgan fingerprint density at radius 1 is 1.09 bits per heavy atom. The molecular weight excluding hydrogens is 274 g/mol. The van der Waals surface area contributed by atoms with Crippen LogP contribution in [0.3, 0.4) is 0 Å². The van der Waals surface area contributed by atoms with E-state index in [9.17, 15) is 9.70 Å². The summed E-state index contributed by atoms with van der Waals surface area (Å²) in [7, 11) is 0. The van der Waals surface area contributed by atoms with Crippen LogP contribution in [0.25, 0.3) is 0 Å². The summed E-state index contributed by atoms with van der Waals surface area (Å²) in [6.07, 6.45) is 13.1. The van der Waals surface area contributed by atoms with Crippen molar-refractivity contribution in [3.63, 3.8) is 0 Å². The van der Waals surface area contributed by atoms with Gasteiger partial charge < -0.3 is 0 Å². The van der Waals surface area contributed by atoms with E-state index in [-0.39, 0.29) is 0 Å². The number of carbonyl (C=O) groups is 1. The highest BCUT2D eigenvalue weighted by Crippen LogP contribution is 2.31. The highest BCUT2D eigenvalue weighted by atomic mass is 16.3. The molecule has 3 nitrogen and oxygen atoms in total. The van der Waals surface area contributed by atoms with E-state index in [2.05, 4.69) is 38.1 Å². The average Bonchev–Trinajstić information content (AvgIpc) is 2.47. The first-order valence-electron chi connectivity index (χ1n) is 8.44. The van der Waals surface area contributed by atoms with Crippen molar-refractivity contribution < 1.29 is 4.79 Å². The maximum Gasteiger partial charge on any atom is 0.291 e. The molecule has 1 saturated carbocycles. The van der Waals surface area contributed by atoms with E-state index in [1.807, 2.05) is 0 Å². The van der Waals surface area contributed by atoms with Gasteiger partial charge in [0.25, 0.3) is 5.91 Å². The van der Waals surface area contributed by atoms with Gasteiger partial charge in [0.2, 0.25) is 0 Å². The zero-order chi connectivity index (χ0) is 17.2. The van der Waals surface area contributed by atoms with Crippen LogP contribution < -0.4 is 0 Å². The second-order valence-corrected chi connectivity index (χ2v) is 7.32. The molecule has 0 spiro atoms. The second kappa shape index (κ2) is 10.5. The lowest BCUT2D eigenvalue weighted by atomic mass is 9.82. The molecule has 0 aliphatic heterocycles. The number of hydrogen-bond acceptors (Lipinski definition) is 2. The highest BCUT2D eigenvalue weighted by molar-refractivity contribution is 5.81. The SMILES string of the molecule is CC(C)(C)C(=O)N=O.CC/C(=C\C=C(C)C)C1CCCCC1. The summed E-state index contributed by atoms with van der Waals surface area (Å²) in [6.45, 7) is 11.6. The molecular formula is C19H33NO2. The van der Waals surface area contributed by atoms with Gasteiger partial charge in [-0.05, 0) is 39.0 Å². The lowest BCUT2D eigenvalue weighted by Crippen LogP contribution is -2.16. The first kappa shape index (κ1) is 20.8. The topological polar surface area (TPSA) is 46.5 Å². The van der Waals surface area contributed by atoms with E-state index in [4.69, 9.17) is 0 Å². The average molecular weight is 307 g/mol. The molecule has 126 valence electrons. The Hall–Kier alpha value is -1.25. The lowest BCUT2D eigenvalue weighted by Gasteiger charge is -2.23. The molecule has 0 saturated heterocycles. The summed E-state index contributed by atoms with van der Waals surface area (Å²) in [4.78, 5) is 19.9. The van der Waals surface area contributed by atoms with Crippen LogP contribution >= 0.6 is 0 Å². The van der Waals surface area contributed by atoms with Crippen LogP contribution in [0.4, 0.5) is 0 Å². The van der Waals surface area contributed by atoms with Gasteiger partial charge >= 0.3 is 0 Å². The maximum atomic E-state index is 10.4. The minimum Gasteiger partial charge on any atom is -0.268 e. The summed E-state index contributed by atoms with van der Waals surface area (Å²) < 4.78 is 0.